The molecule has 0 aliphatic carbocycles. The zero-order valence-corrected chi connectivity index (χ0v) is 14.0. The molecule has 0 saturated heterocycles. The van der Waals surface area contributed by atoms with Crippen molar-refractivity contribution in [3.05, 3.63) is 54.1 Å². The van der Waals surface area contributed by atoms with E-state index in [2.05, 4.69) is 17.5 Å². The number of hydrogen-bond donors (Lipinski definition) is 1. The lowest BCUT2D eigenvalue weighted by Gasteiger charge is -2.24. The number of hydrogen-bond acceptors (Lipinski definition) is 5. The van der Waals surface area contributed by atoms with Crippen molar-refractivity contribution in [2.24, 2.45) is 5.10 Å². The van der Waals surface area contributed by atoms with Crippen molar-refractivity contribution >= 4 is 12.1 Å². The Morgan fingerprint density at radius 2 is 2.00 bits per heavy atom. The van der Waals surface area contributed by atoms with Crippen LogP contribution in [0.4, 0.5) is 0 Å². The molecule has 1 aliphatic heterocycles. The highest BCUT2D eigenvalue weighted by Gasteiger charge is 2.26. The second kappa shape index (κ2) is 8.19. The fourth-order valence-electron chi connectivity index (χ4n) is 2.26. The van der Waals surface area contributed by atoms with E-state index in [4.69, 9.17) is 14.2 Å². The quantitative estimate of drug-likeness (QED) is 0.648. The highest BCUT2D eigenvalue weighted by molar-refractivity contribution is 5.85. The van der Waals surface area contributed by atoms with E-state index in [0.717, 1.165) is 17.7 Å². The number of amides is 1. The smallest absolute Gasteiger partial charge is 0.284 e. The maximum atomic E-state index is 12.1. The third kappa shape index (κ3) is 4.50. The SMILES string of the molecule is CCCOc1ccc(/C=N\NC(=O)[C@H]2COc3ccccc3O2)cc1. The van der Waals surface area contributed by atoms with Crippen LogP contribution in [0.5, 0.6) is 17.2 Å². The molecule has 0 radical (unpaired) electrons. The summed E-state index contributed by atoms with van der Waals surface area (Å²) in [4.78, 5) is 12.1. The first-order valence-corrected chi connectivity index (χ1v) is 8.20. The van der Waals surface area contributed by atoms with Crippen molar-refractivity contribution in [2.75, 3.05) is 13.2 Å². The van der Waals surface area contributed by atoms with E-state index in [1.165, 1.54) is 0 Å². The molecule has 0 bridgehead atoms. The minimum atomic E-state index is -0.725. The molecule has 2 aromatic rings. The zero-order chi connectivity index (χ0) is 17.5. The molecule has 0 fully saturated rings. The van der Waals surface area contributed by atoms with Gasteiger partial charge in [0.15, 0.2) is 11.5 Å². The number of benzene rings is 2. The molecule has 130 valence electrons. The first-order chi connectivity index (χ1) is 12.3. The van der Waals surface area contributed by atoms with Crippen molar-refractivity contribution in [2.45, 2.75) is 19.4 Å². The minimum Gasteiger partial charge on any atom is -0.494 e. The van der Waals surface area contributed by atoms with Crippen LogP contribution in [0.2, 0.25) is 0 Å². The Balaban J connectivity index is 1.51. The number of nitrogens with one attached hydrogen (secondary N) is 1. The summed E-state index contributed by atoms with van der Waals surface area (Å²) in [6.07, 6.45) is 1.81. The predicted octanol–water partition coefficient (Wildman–Crippen LogP) is 2.77. The normalized spacial score (nSPS) is 15.8. The Labute approximate surface area is 146 Å². The van der Waals surface area contributed by atoms with Crippen molar-refractivity contribution in [3.63, 3.8) is 0 Å². The first-order valence-electron chi connectivity index (χ1n) is 8.20. The van der Waals surface area contributed by atoms with Crippen LogP contribution in [-0.4, -0.2) is 31.4 Å². The molecule has 0 aromatic heterocycles. The molecule has 1 N–H and O–H groups in total. The third-order valence-corrected chi connectivity index (χ3v) is 3.54. The number of rotatable bonds is 6. The van der Waals surface area contributed by atoms with Crippen LogP contribution in [0.25, 0.3) is 0 Å². The van der Waals surface area contributed by atoms with Crippen molar-refractivity contribution in [1.29, 1.82) is 0 Å². The van der Waals surface area contributed by atoms with Crippen molar-refractivity contribution in [1.82, 2.24) is 5.43 Å². The fraction of sp³-hybridized carbons (Fsp3) is 0.263. The monoisotopic (exact) mass is 340 g/mol. The molecule has 1 amide bonds. The van der Waals surface area contributed by atoms with Crippen LogP contribution in [0.3, 0.4) is 0 Å². The van der Waals surface area contributed by atoms with Gasteiger partial charge in [-0.3, -0.25) is 4.79 Å². The number of hydrazone groups is 1. The van der Waals surface area contributed by atoms with Gasteiger partial charge in [0.25, 0.3) is 5.91 Å². The summed E-state index contributed by atoms with van der Waals surface area (Å²) in [5, 5.41) is 3.96. The maximum absolute atomic E-state index is 12.1. The van der Waals surface area contributed by atoms with Crippen molar-refractivity contribution in [3.8, 4) is 17.2 Å². The van der Waals surface area contributed by atoms with Gasteiger partial charge in [0.1, 0.15) is 12.4 Å². The fourth-order valence-corrected chi connectivity index (χ4v) is 2.26. The second-order valence-corrected chi connectivity index (χ2v) is 5.52. The molecule has 2 aromatic carbocycles. The molecule has 6 heteroatoms. The van der Waals surface area contributed by atoms with Crippen LogP contribution in [0, 0.1) is 0 Å². The van der Waals surface area contributed by atoms with Gasteiger partial charge in [-0.1, -0.05) is 19.1 Å². The Kier molecular flexibility index (Phi) is 5.51. The molecular weight excluding hydrogens is 320 g/mol. The van der Waals surface area contributed by atoms with Gasteiger partial charge in [-0.15, -0.1) is 0 Å². The summed E-state index contributed by atoms with van der Waals surface area (Å²) in [7, 11) is 0. The summed E-state index contributed by atoms with van der Waals surface area (Å²) in [5.74, 6) is 1.66. The van der Waals surface area contributed by atoms with Crippen LogP contribution < -0.4 is 19.6 Å². The average molecular weight is 340 g/mol. The highest BCUT2D eigenvalue weighted by atomic mass is 16.6. The Morgan fingerprint density at radius 3 is 2.76 bits per heavy atom. The Morgan fingerprint density at radius 1 is 1.24 bits per heavy atom. The number of para-hydroxylation sites is 2. The van der Waals surface area contributed by atoms with E-state index in [0.29, 0.717) is 18.1 Å². The topological polar surface area (TPSA) is 69.2 Å². The van der Waals surface area contributed by atoms with Gasteiger partial charge in [-0.25, -0.2) is 5.43 Å². The van der Waals surface area contributed by atoms with Gasteiger partial charge in [-0.05, 0) is 48.4 Å². The van der Waals surface area contributed by atoms with E-state index >= 15 is 0 Å². The molecule has 1 aliphatic rings. The lowest BCUT2D eigenvalue weighted by atomic mass is 10.2. The van der Waals surface area contributed by atoms with Crippen LogP contribution in [0.1, 0.15) is 18.9 Å². The van der Waals surface area contributed by atoms with Crippen molar-refractivity contribution < 1.29 is 19.0 Å². The van der Waals surface area contributed by atoms with Gasteiger partial charge in [-0.2, -0.15) is 5.10 Å². The first kappa shape index (κ1) is 16.8. The summed E-state index contributed by atoms with van der Waals surface area (Å²) < 4.78 is 16.7. The average Bonchev–Trinajstić information content (AvgIpc) is 2.67. The van der Waals surface area contributed by atoms with Gasteiger partial charge in [0, 0.05) is 0 Å². The molecule has 0 spiro atoms. The molecule has 1 heterocycles. The molecular formula is C19H20N2O4. The summed E-state index contributed by atoms with van der Waals surface area (Å²) in [5.41, 5.74) is 3.33. The lowest BCUT2D eigenvalue weighted by molar-refractivity contribution is -0.130. The number of carbonyl (C=O) groups is 1. The number of fused-ring (bicyclic) bond motifs is 1. The van der Waals surface area contributed by atoms with E-state index in [1.807, 2.05) is 36.4 Å². The molecule has 25 heavy (non-hydrogen) atoms. The third-order valence-electron chi connectivity index (χ3n) is 3.54. The maximum Gasteiger partial charge on any atom is 0.284 e. The number of carbonyl (C=O) groups excluding carboxylic acids is 1. The molecule has 0 unspecified atom stereocenters. The summed E-state index contributed by atoms with van der Waals surface area (Å²) in [6.45, 7) is 2.90. The van der Waals surface area contributed by atoms with Gasteiger partial charge in [0.05, 0.1) is 12.8 Å². The highest BCUT2D eigenvalue weighted by Crippen LogP contribution is 2.30. The van der Waals surface area contributed by atoms with Gasteiger partial charge < -0.3 is 14.2 Å². The van der Waals surface area contributed by atoms with Gasteiger partial charge in [0.2, 0.25) is 6.10 Å². The molecule has 1 atom stereocenters. The predicted molar refractivity (Wildman–Crippen MR) is 94.3 cm³/mol. The zero-order valence-electron chi connectivity index (χ0n) is 14.0. The van der Waals surface area contributed by atoms with Gasteiger partial charge >= 0.3 is 0 Å². The molecule has 3 rings (SSSR count). The van der Waals surface area contributed by atoms with E-state index in [-0.39, 0.29) is 12.5 Å². The van der Waals surface area contributed by atoms with E-state index < -0.39 is 6.10 Å². The standard InChI is InChI=1S/C19H20N2O4/c1-2-11-23-15-9-7-14(8-10-15)12-20-21-19(22)18-13-24-16-5-3-4-6-17(16)25-18/h3-10,12,18H,2,11,13H2,1H3,(H,21,22)/b20-12-/t18-/m1/s1. The van der Waals surface area contributed by atoms with Crippen LogP contribution in [-0.2, 0) is 4.79 Å². The van der Waals surface area contributed by atoms with Crippen LogP contribution in [0.15, 0.2) is 53.6 Å². The largest absolute Gasteiger partial charge is 0.494 e. The number of ether oxygens (including phenoxy) is 3. The molecule has 6 nitrogen and oxygen atoms in total. The second-order valence-electron chi connectivity index (χ2n) is 5.52. The summed E-state index contributed by atoms with van der Waals surface area (Å²) >= 11 is 0. The Hall–Kier alpha value is -3.02. The number of nitrogens with zero attached hydrogens (tertiary/aromatic N) is 1. The van der Waals surface area contributed by atoms with Crippen LogP contribution >= 0.6 is 0 Å². The summed E-state index contributed by atoms with van der Waals surface area (Å²) in [6, 6.07) is 14.7. The Bertz CT molecular complexity index is 743. The van der Waals surface area contributed by atoms with E-state index in [9.17, 15) is 4.79 Å². The molecule has 0 saturated carbocycles. The minimum absolute atomic E-state index is 0.155. The lowest BCUT2D eigenvalue weighted by Crippen LogP contribution is -2.42. The van der Waals surface area contributed by atoms with E-state index in [1.54, 1.807) is 18.3 Å².